The van der Waals surface area contributed by atoms with Crippen LogP contribution in [0.5, 0.6) is 5.75 Å². The molecule has 32 heavy (non-hydrogen) atoms. The van der Waals surface area contributed by atoms with E-state index >= 15 is 0 Å². The summed E-state index contributed by atoms with van der Waals surface area (Å²) in [5, 5.41) is 0.576. The van der Waals surface area contributed by atoms with E-state index in [-0.39, 0.29) is 11.8 Å². The van der Waals surface area contributed by atoms with Gasteiger partial charge in [0.15, 0.2) is 0 Å². The molecule has 0 spiro atoms. The van der Waals surface area contributed by atoms with Gasteiger partial charge in [-0.3, -0.25) is 4.79 Å². The van der Waals surface area contributed by atoms with E-state index in [1.165, 1.54) is 5.56 Å². The van der Waals surface area contributed by atoms with E-state index in [1.807, 2.05) is 24.3 Å². The number of methoxy groups -OCH3 is 1. The molecule has 6 heteroatoms. The highest BCUT2D eigenvalue weighted by atomic mass is 35.5. The Morgan fingerprint density at radius 1 is 1.06 bits per heavy atom. The van der Waals surface area contributed by atoms with Crippen LogP contribution in [0, 0.1) is 0 Å². The molecular formula is C26H24ClN3O2. The van der Waals surface area contributed by atoms with Crippen LogP contribution >= 0.6 is 11.6 Å². The van der Waals surface area contributed by atoms with Crippen LogP contribution in [0.15, 0.2) is 72.8 Å². The first-order valence-electron chi connectivity index (χ1n) is 10.8. The van der Waals surface area contributed by atoms with Gasteiger partial charge in [0.25, 0.3) is 0 Å². The Morgan fingerprint density at radius 3 is 2.66 bits per heavy atom. The molecule has 5 rings (SSSR count). The molecule has 0 saturated carbocycles. The Balaban J connectivity index is 1.48. The third-order valence-electron chi connectivity index (χ3n) is 6.07. The number of fused-ring (bicyclic) bond motifs is 1. The molecule has 0 bridgehead atoms. The monoisotopic (exact) mass is 445 g/mol. The van der Waals surface area contributed by atoms with Crippen molar-refractivity contribution in [2.75, 3.05) is 18.6 Å². The van der Waals surface area contributed by atoms with Gasteiger partial charge in [0.2, 0.25) is 5.91 Å². The van der Waals surface area contributed by atoms with Gasteiger partial charge in [-0.15, -0.1) is 0 Å². The zero-order valence-corrected chi connectivity index (χ0v) is 18.6. The molecule has 1 aromatic heterocycles. The molecule has 1 atom stereocenters. The number of carbonyl (C=O) groups excluding carboxylic acids is 1. The minimum Gasteiger partial charge on any atom is -0.495 e. The fourth-order valence-electron chi connectivity index (χ4n) is 4.51. The number of anilines is 1. The number of ether oxygens (including phenoxy) is 1. The maximum atomic E-state index is 13.0. The van der Waals surface area contributed by atoms with Gasteiger partial charge in [-0.25, -0.2) is 4.98 Å². The lowest BCUT2D eigenvalue weighted by Crippen LogP contribution is -2.25. The summed E-state index contributed by atoms with van der Waals surface area (Å²) < 4.78 is 7.76. The first-order chi connectivity index (χ1) is 15.6. The molecule has 0 radical (unpaired) electrons. The van der Waals surface area contributed by atoms with Crippen LogP contribution in [0.4, 0.5) is 5.69 Å². The third kappa shape index (κ3) is 3.84. The summed E-state index contributed by atoms with van der Waals surface area (Å²) in [6.45, 7) is 1.36. The molecule has 2 heterocycles. The molecule has 1 amide bonds. The van der Waals surface area contributed by atoms with Gasteiger partial charge >= 0.3 is 0 Å². The van der Waals surface area contributed by atoms with Gasteiger partial charge in [0.1, 0.15) is 11.6 Å². The predicted octanol–water partition coefficient (Wildman–Crippen LogP) is 5.46. The second kappa shape index (κ2) is 8.67. The van der Waals surface area contributed by atoms with Crippen molar-refractivity contribution < 1.29 is 9.53 Å². The summed E-state index contributed by atoms with van der Waals surface area (Å²) >= 11 is 6.22. The van der Waals surface area contributed by atoms with Crippen molar-refractivity contribution in [1.29, 1.82) is 0 Å². The Kier molecular flexibility index (Phi) is 5.58. The number of para-hydroxylation sites is 2. The van der Waals surface area contributed by atoms with Crippen molar-refractivity contribution in [2.45, 2.75) is 25.3 Å². The van der Waals surface area contributed by atoms with E-state index in [4.69, 9.17) is 21.3 Å². The van der Waals surface area contributed by atoms with Crippen LogP contribution in [0.25, 0.3) is 11.0 Å². The van der Waals surface area contributed by atoms with Crippen molar-refractivity contribution in [1.82, 2.24) is 9.55 Å². The average molecular weight is 446 g/mol. The normalized spacial score (nSPS) is 16.1. The zero-order chi connectivity index (χ0) is 22.1. The van der Waals surface area contributed by atoms with Crippen molar-refractivity contribution in [3.8, 4) is 5.75 Å². The number of halogens is 1. The van der Waals surface area contributed by atoms with Gasteiger partial charge in [-0.2, -0.15) is 0 Å². The van der Waals surface area contributed by atoms with Gasteiger partial charge < -0.3 is 14.2 Å². The smallest absolute Gasteiger partial charge is 0.227 e. The number of aryl methyl sites for hydroxylation is 2. The maximum absolute atomic E-state index is 13.0. The molecule has 1 aliphatic heterocycles. The number of nitrogens with zero attached hydrogens (tertiary/aromatic N) is 3. The molecule has 162 valence electrons. The lowest BCUT2D eigenvalue weighted by Gasteiger charge is -2.20. The highest BCUT2D eigenvalue weighted by molar-refractivity contribution is 6.31. The molecule has 1 saturated heterocycles. The summed E-state index contributed by atoms with van der Waals surface area (Å²) in [6.07, 6.45) is 1.31. The molecule has 3 aromatic carbocycles. The van der Waals surface area contributed by atoms with Crippen LogP contribution in [0.3, 0.4) is 0 Å². The number of hydrogen-bond acceptors (Lipinski definition) is 3. The van der Waals surface area contributed by atoms with Crippen molar-refractivity contribution in [3.63, 3.8) is 0 Å². The average Bonchev–Trinajstić information content (AvgIpc) is 3.38. The van der Waals surface area contributed by atoms with Crippen LogP contribution in [-0.4, -0.2) is 29.1 Å². The van der Waals surface area contributed by atoms with E-state index in [1.54, 1.807) is 30.2 Å². The van der Waals surface area contributed by atoms with Gasteiger partial charge in [-0.1, -0.05) is 54.1 Å². The Bertz CT molecular complexity index is 1270. The van der Waals surface area contributed by atoms with Crippen LogP contribution in [0.1, 0.15) is 23.7 Å². The van der Waals surface area contributed by atoms with Crippen LogP contribution < -0.4 is 9.64 Å². The second-order valence-electron chi connectivity index (χ2n) is 8.07. The number of benzene rings is 3. The molecule has 0 N–H and O–H groups in total. The number of hydrogen-bond donors (Lipinski definition) is 0. The number of amides is 1. The summed E-state index contributed by atoms with van der Waals surface area (Å²) in [5.41, 5.74) is 4.05. The molecule has 4 aromatic rings. The Hall–Kier alpha value is -3.31. The lowest BCUT2D eigenvalue weighted by molar-refractivity contribution is -0.117. The summed E-state index contributed by atoms with van der Waals surface area (Å²) in [6, 6.07) is 24.0. The van der Waals surface area contributed by atoms with Gasteiger partial charge in [-0.05, 0) is 42.3 Å². The van der Waals surface area contributed by atoms with Crippen LogP contribution in [-0.2, 0) is 17.8 Å². The third-order valence-corrected chi connectivity index (χ3v) is 6.31. The summed E-state index contributed by atoms with van der Waals surface area (Å²) in [4.78, 5) is 19.8. The van der Waals surface area contributed by atoms with E-state index in [0.29, 0.717) is 29.4 Å². The van der Waals surface area contributed by atoms with E-state index < -0.39 is 0 Å². The lowest BCUT2D eigenvalue weighted by atomic mass is 10.1. The molecular weight excluding hydrogens is 422 g/mol. The minimum absolute atomic E-state index is 0.00522. The quantitative estimate of drug-likeness (QED) is 0.396. The Morgan fingerprint density at radius 2 is 1.84 bits per heavy atom. The zero-order valence-electron chi connectivity index (χ0n) is 17.9. The summed E-state index contributed by atoms with van der Waals surface area (Å²) in [5.74, 6) is 1.64. The topological polar surface area (TPSA) is 47.4 Å². The van der Waals surface area contributed by atoms with Crippen LogP contribution in [0.2, 0.25) is 5.02 Å². The fraction of sp³-hybridized carbons (Fsp3) is 0.231. The number of aromatic nitrogens is 2. The highest BCUT2D eigenvalue weighted by Crippen LogP contribution is 2.38. The predicted molar refractivity (Wildman–Crippen MR) is 128 cm³/mol. The van der Waals surface area contributed by atoms with E-state index in [2.05, 4.69) is 34.9 Å². The van der Waals surface area contributed by atoms with Gasteiger partial charge in [0, 0.05) is 30.5 Å². The van der Waals surface area contributed by atoms with Gasteiger partial charge in [0.05, 0.1) is 23.8 Å². The standard InChI is InChI=1S/C26H24ClN3O2/c1-32-24-12-11-20(27)16-23(24)30-17-19(15-25(30)31)26-28-21-9-5-6-10-22(21)29(26)14-13-18-7-3-2-4-8-18/h2-12,16,19H,13-15,17H2,1H3/t19-/m1/s1. The molecule has 5 nitrogen and oxygen atoms in total. The first-order valence-corrected chi connectivity index (χ1v) is 11.1. The maximum Gasteiger partial charge on any atom is 0.227 e. The van der Waals surface area contributed by atoms with Crippen molar-refractivity contribution >= 4 is 34.2 Å². The molecule has 0 aliphatic carbocycles. The van der Waals surface area contributed by atoms with Crippen molar-refractivity contribution in [2.24, 2.45) is 0 Å². The molecule has 0 unspecified atom stereocenters. The SMILES string of the molecule is COc1ccc(Cl)cc1N1C[C@H](c2nc3ccccc3n2CCc2ccccc2)CC1=O. The number of carbonyl (C=O) groups is 1. The first kappa shape index (κ1) is 20.6. The highest BCUT2D eigenvalue weighted by Gasteiger charge is 2.36. The minimum atomic E-state index is -0.00522. The fourth-order valence-corrected chi connectivity index (χ4v) is 4.68. The largest absolute Gasteiger partial charge is 0.495 e. The van der Waals surface area contributed by atoms with E-state index in [9.17, 15) is 4.79 Å². The summed E-state index contributed by atoms with van der Waals surface area (Å²) in [7, 11) is 1.60. The molecule has 1 aliphatic rings. The number of imidazole rings is 1. The van der Waals surface area contributed by atoms with E-state index in [0.717, 1.165) is 29.8 Å². The Labute approximate surface area is 192 Å². The number of rotatable bonds is 6. The second-order valence-corrected chi connectivity index (χ2v) is 8.50. The van der Waals surface area contributed by atoms with Crippen molar-refractivity contribution in [3.05, 3.63) is 89.2 Å². The molecule has 1 fully saturated rings.